The molecule has 0 bridgehead atoms. The minimum Gasteiger partial charge on any atom is -0.480 e. The third-order valence-electron chi connectivity index (χ3n) is 2.30. The van der Waals surface area contributed by atoms with E-state index in [-0.39, 0.29) is 0 Å². The number of primary amides is 1. The van der Waals surface area contributed by atoms with Crippen LogP contribution >= 0.6 is 0 Å². The fraction of sp³-hybridized carbons (Fsp3) is 0.273. The van der Waals surface area contributed by atoms with Gasteiger partial charge in [-0.15, -0.1) is 0 Å². The SMILES string of the molecule is CN[C@H](Cc1cccc(C(N)=O)c1)C(=O)O. The van der Waals surface area contributed by atoms with Gasteiger partial charge >= 0.3 is 5.97 Å². The summed E-state index contributed by atoms with van der Waals surface area (Å²) in [7, 11) is 1.58. The highest BCUT2D eigenvalue weighted by Crippen LogP contribution is 2.07. The van der Waals surface area contributed by atoms with Gasteiger partial charge in [0.1, 0.15) is 6.04 Å². The molecule has 1 atom stereocenters. The summed E-state index contributed by atoms with van der Waals surface area (Å²) in [6, 6.07) is 5.99. The Bertz CT molecular complexity index is 404. The molecule has 0 aliphatic rings. The molecule has 86 valence electrons. The van der Waals surface area contributed by atoms with Crippen molar-refractivity contribution in [2.45, 2.75) is 12.5 Å². The summed E-state index contributed by atoms with van der Waals surface area (Å²) in [5.41, 5.74) is 6.28. The molecule has 16 heavy (non-hydrogen) atoms. The third kappa shape index (κ3) is 3.06. The van der Waals surface area contributed by atoms with E-state index in [0.717, 1.165) is 5.56 Å². The first-order chi connectivity index (χ1) is 7.54. The first kappa shape index (κ1) is 12.2. The molecule has 0 saturated carbocycles. The highest BCUT2D eigenvalue weighted by atomic mass is 16.4. The summed E-state index contributed by atoms with van der Waals surface area (Å²) in [5.74, 6) is -1.44. The molecule has 0 unspecified atom stereocenters. The van der Waals surface area contributed by atoms with E-state index in [9.17, 15) is 9.59 Å². The molecule has 0 radical (unpaired) electrons. The van der Waals surface area contributed by atoms with Gasteiger partial charge in [-0.1, -0.05) is 12.1 Å². The van der Waals surface area contributed by atoms with E-state index in [1.807, 2.05) is 0 Å². The molecule has 0 fully saturated rings. The molecule has 1 aromatic rings. The Morgan fingerprint density at radius 1 is 1.50 bits per heavy atom. The monoisotopic (exact) mass is 222 g/mol. The van der Waals surface area contributed by atoms with Gasteiger partial charge in [0.2, 0.25) is 5.91 Å². The number of hydrogen-bond donors (Lipinski definition) is 3. The zero-order valence-corrected chi connectivity index (χ0v) is 8.93. The highest BCUT2D eigenvalue weighted by molar-refractivity contribution is 5.92. The second kappa shape index (κ2) is 5.27. The molecule has 1 aromatic carbocycles. The predicted molar refractivity (Wildman–Crippen MR) is 59.1 cm³/mol. The van der Waals surface area contributed by atoms with Gasteiger partial charge in [0.25, 0.3) is 0 Å². The maximum atomic E-state index is 10.9. The van der Waals surface area contributed by atoms with E-state index >= 15 is 0 Å². The number of carboxylic acids is 1. The molecule has 1 amide bonds. The van der Waals surface area contributed by atoms with Gasteiger partial charge in [0.15, 0.2) is 0 Å². The van der Waals surface area contributed by atoms with Crippen molar-refractivity contribution in [3.8, 4) is 0 Å². The van der Waals surface area contributed by atoms with Gasteiger partial charge in [-0.25, -0.2) is 0 Å². The number of aliphatic carboxylic acids is 1. The van der Waals surface area contributed by atoms with Crippen LogP contribution in [0.5, 0.6) is 0 Å². The summed E-state index contributed by atoms with van der Waals surface area (Å²) in [6.07, 6.45) is 0.312. The number of benzene rings is 1. The second-order valence-corrected chi connectivity index (χ2v) is 3.45. The second-order valence-electron chi connectivity index (χ2n) is 3.45. The summed E-state index contributed by atoms with van der Waals surface area (Å²) in [4.78, 5) is 21.7. The normalized spacial score (nSPS) is 12.1. The van der Waals surface area contributed by atoms with Crippen LogP contribution in [0.15, 0.2) is 24.3 Å². The van der Waals surface area contributed by atoms with Crippen molar-refractivity contribution < 1.29 is 14.7 Å². The minimum atomic E-state index is -0.924. The van der Waals surface area contributed by atoms with Crippen LogP contribution in [0.4, 0.5) is 0 Å². The summed E-state index contributed by atoms with van der Waals surface area (Å²) in [5, 5.41) is 11.5. The van der Waals surface area contributed by atoms with Crippen LogP contribution in [0.25, 0.3) is 0 Å². The van der Waals surface area contributed by atoms with Crippen LogP contribution in [-0.2, 0) is 11.2 Å². The molecule has 5 nitrogen and oxygen atoms in total. The molecule has 0 heterocycles. The van der Waals surface area contributed by atoms with E-state index < -0.39 is 17.9 Å². The Balaban J connectivity index is 2.84. The number of amides is 1. The molecule has 0 aromatic heterocycles. The Labute approximate surface area is 93.3 Å². The van der Waals surface area contributed by atoms with Gasteiger partial charge in [-0.05, 0) is 31.2 Å². The van der Waals surface area contributed by atoms with Crippen molar-refractivity contribution in [2.24, 2.45) is 5.73 Å². The highest BCUT2D eigenvalue weighted by Gasteiger charge is 2.15. The van der Waals surface area contributed by atoms with Crippen LogP contribution < -0.4 is 11.1 Å². The number of likely N-dealkylation sites (N-methyl/N-ethyl adjacent to an activating group) is 1. The molecular formula is C11H14N2O3. The number of carbonyl (C=O) groups is 2. The lowest BCUT2D eigenvalue weighted by atomic mass is 10.0. The van der Waals surface area contributed by atoms with Crippen molar-refractivity contribution in [3.63, 3.8) is 0 Å². The number of nitrogens with one attached hydrogen (secondary N) is 1. The number of rotatable bonds is 5. The molecule has 0 saturated heterocycles. The predicted octanol–water partition coefficient (Wildman–Crippen LogP) is 0.000600. The van der Waals surface area contributed by atoms with E-state index in [1.54, 1.807) is 31.3 Å². The lowest BCUT2D eigenvalue weighted by Gasteiger charge is -2.11. The Hall–Kier alpha value is -1.88. The topological polar surface area (TPSA) is 92.4 Å². The average molecular weight is 222 g/mol. The molecule has 5 heteroatoms. The molecule has 1 rings (SSSR count). The van der Waals surface area contributed by atoms with Gasteiger partial charge in [0, 0.05) is 5.56 Å². The van der Waals surface area contributed by atoms with E-state index in [2.05, 4.69) is 5.32 Å². The first-order valence-electron chi connectivity index (χ1n) is 4.83. The van der Waals surface area contributed by atoms with Gasteiger partial charge in [-0.3, -0.25) is 9.59 Å². The maximum Gasteiger partial charge on any atom is 0.321 e. The van der Waals surface area contributed by atoms with E-state index in [1.165, 1.54) is 0 Å². The molecule has 0 aliphatic carbocycles. The largest absolute Gasteiger partial charge is 0.480 e. The Kier molecular flexibility index (Phi) is 4.02. The molecule has 0 aliphatic heterocycles. The summed E-state index contributed by atoms with van der Waals surface area (Å²) < 4.78 is 0. The van der Waals surface area contributed by atoms with Crippen LogP contribution in [-0.4, -0.2) is 30.1 Å². The van der Waals surface area contributed by atoms with Gasteiger partial charge in [0.05, 0.1) is 0 Å². The van der Waals surface area contributed by atoms with Crippen molar-refractivity contribution in [3.05, 3.63) is 35.4 Å². The van der Waals surface area contributed by atoms with Crippen molar-refractivity contribution in [1.82, 2.24) is 5.32 Å². The molecule has 0 spiro atoms. The minimum absolute atomic E-state index is 0.312. The number of carbonyl (C=O) groups excluding carboxylic acids is 1. The number of carboxylic acid groups (broad SMARTS) is 1. The first-order valence-corrected chi connectivity index (χ1v) is 4.83. The van der Waals surface area contributed by atoms with Crippen LogP contribution in [0, 0.1) is 0 Å². The number of hydrogen-bond acceptors (Lipinski definition) is 3. The van der Waals surface area contributed by atoms with Gasteiger partial charge in [-0.2, -0.15) is 0 Å². The number of nitrogens with two attached hydrogens (primary N) is 1. The smallest absolute Gasteiger partial charge is 0.321 e. The maximum absolute atomic E-state index is 10.9. The molecule has 4 N–H and O–H groups in total. The average Bonchev–Trinajstić information content (AvgIpc) is 2.25. The van der Waals surface area contributed by atoms with Crippen molar-refractivity contribution in [1.29, 1.82) is 0 Å². The molecular weight excluding hydrogens is 208 g/mol. The van der Waals surface area contributed by atoms with Crippen LogP contribution in [0.3, 0.4) is 0 Å². The fourth-order valence-electron chi connectivity index (χ4n) is 1.40. The van der Waals surface area contributed by atoms with Crippen molar-refractivity contribution in [2.75, 3.05) is 7.05 Å². The zero-order chi connectivity index (χ0) is 12.1. The summed E-state index contributed by atoms with van der Waals surface area (Å²) in [6.45, 7) is 0. The third-order valence-corrected chi connectivity index (χ3v) is 2.30. The summed E-state index contributed by atoms with van der Waals surface area (Å²) >= 11 is 0. The zero-order valence-electron chi connectivity index (χ0n) is 8.93. The fourth-order valence-corrected chi connectivity index (χ4v) is 1.40. The Morgan fingerprint density at radius 3 is 2.69 bits per heavy atom. The van der Waals surface area contributed by atoms with Crippen molar-refractivity contribution >= 4 is 11.9 Å². The Morgan fingerprint density at radius 2 is 2.19 bits per heavy atom. The lowest BCUT2D eigenvalue weighted by Crippen LogP contribution is -2.35. The van der Waals surface area contributed by atoms with E-state index in [0.29, 0.717) is 12.0 Å². The lowest BCUT2D eigenvalue weighted by molar-refractivity contribution is -0.139. The van der Waals surface area contributed by atoms with Gasteiger partial charge < -0.3 is 16.2 Å². The van der Waals surface area contributed by atoms with Crippen LogP contribution in [0.2, 0.25) is 0 Å². The van der Waals surface area contributed by atoms with Crippen LogP contribution in [0.1, 0.15) is 15.9 Å². The van der Waals surface area contributed by atoms with E-state index in [4.69, 9.17) is 10.8 Å². The standard InChI is InChI=1S/C11H14N2O3/c1-13-9(11(15)16)6-7-3-2-4-8(5-7)10(12)14/h2-5,9,13H,6H2,1H3,(H2,12,14)(H,15,16)/t9-/m1/s1. The quantitative estimate of drug-likeness (QED) is 0.653.